The zero-order valence-corrected chi connectivity index (χ0v) is 17.0. The second kappa shape index (κ2) is 7.13. The van der Waals surface area contributed by atoms with Crippen LogP contribution in [0, 0.1) is 12.7 Å². The zero-order chi connectivity index (χ0) is 21.7. The van der Waals surface area contributed by atoms with Crippen LogP contribution in [0.4, 0.5) is 4.39 Å². The van der Waals surface area contributed by atoms with Gasteiger partial charge in [0.25, 0.3) is 11.8 Å². The maximum atomic E-state index is 13.2. The molecular weight excluding hydrogens is 421 g/mol. The lowest BCUT2D eigenvalue weighted by Gasteiger charge is -2.13. The predicted molar refractivity (Wildman–Crippen MR) is 111 cm³/mol. The Bertz CT molecular complexity index is 1340. The quantitative estimate of drug-likeness (QED) is 0.358. The Morgan fingerprint density at radius 2 is 1.71 bits per heavy atom. The van der Waals surface area contributed by atoms with E-state index in [1.165, 1.54) is 23.5 Å². The van der Waals surface area contributed by atoms with Crippen LogP contribution in [0.25, 0.3) is 15.9 Å². The highest BCUT2D eigenvalue weighted by Crippen LogP contribution is 2.31. The molecule has 5 rings (SSSR count). The van der Waals surface area contributed by atoms with Crippen molar-refractivity contribution < 1.29 is 23.5 Å². The first-order valence-electron chi connectivity index (χ1n) is 9.31. The molecule has 31 heavy (non-hydrogen) atoms. The van der Waals surface area contributed by atoms with Crippen LogP contribution in [0.2, 0.25) is 0 Å². The summed E-state index contributed by atoms with van der Waals surface area (Å²) in [5.74, 6) is -1.99. The van der Waals surface area contributed by atoms with Gasteiger partial charge >= 0.3 is 5.97 Å². The molecule has 0 radical (unpaired) electrons. The molecule has 9 heteroatoms. The molecule has 0 aliphatic carbocycles. The van der Waals surface area contributed by atoms with Gasteiger partial charge in [0, 0.05) is 5.39 Å². The Hall–Kier alpha value is -3.85. The number of benzene rings is 2. The molecule has 0 bridgehead atoms. The highest BCUT2D eigenvalue weighted by Gasteiger charge is 2.36. The van der Waals surface area contributed by atoms with Gasteiger partial charge in [-0.3, -0.25) is 9.59 Å². The first-order valence-corrected chi connectivity index (χ1v) is 10.1. The number of ether oxygens (including phenoxy) is 1. The number of carbonyl (C=O) groups excluding carboxylic acids is 3. The third kappa shape index (κ3) is 3.10. The van der Waals surface area contributed by atoms with Gasteiger partial charge in [-0.05, 0) is 49.4 Å². The molecule has 2 aromatic heterocycles. The van der Waals surface area contributed by atoms with Gasteiger partial charge in [-0.25, -0.2) is 18.8 Å². The first kappa shape index (κ1) is 19.1. The number of carbonyl (C=O) groups is 3. The van der Waals surface area contributed by atoms with Gasteiger partial charge in [-0.1, -0.05) is 12.1 Å². The monoisotopic (exact) mass is 435 g/mol. The molecular formula is C22H14FN3O4S. The second-order valence-corrected chi connectivity index (χ2v) is 7.98. The summed E-state index contributed by atoms with van der Waals surface area (Å²) in [5, 5.41) is 5.22. The Balaban J connectivity index is 1.37. The number of esters is 1. The maximum Gasteiger partial charge on any atom is 0.350 e. The van der Waals surface area contributed by atoms with Crippen molar-refractivity contribution in [2.45, 2.75) is 6.92 Å². The molecule has 154 valence electrons. The summed E-state index contributed by atoms with van der Waals surface area (Å²) in [7, 11) is 0. The largest absolute Gasteiger partial charge is 0.439 e. The van der Waals surface area contributed by atoms with Crippen molar-refractivity contribution in [1.29, 1.82) is 0 Å². The number of fused-ring (bicyclic) bond motifs is 2. The molecule has 0 fully saturated rings. The van der Waals surface area contributed by atoms with Crippen LogP contribution in [0.5, 0.6) is 0 Å². The van der Waals surface area contributed by atoms with Crippen LogP contribution < -0.4 is 0 Å². The number of hydrogen-bond acceptors (Lipinski definition) is 6. The summed E-state index contributed by atoms with van der Waals surface area (Å²) in [5.41, 5.74) is 1.95. The van der Waals surface area contributed by atoms with Gasteiger partial charge in [0.2, 0.25) is 0 Å². The topological polar surface area (TPSA) is 81.5 Å². The van der Waals surface area contributed by atoms with Crippen molar-refractivity contribution in [3.63, 3.8) is 0 Å². The van der Waals surface area contributed by atoms with Crippen molar-refractivity contribution >= 4 is 39.3 Å². The Labute approximate surface area is 179 Å². The molecule has 1 aliphatic rings. The van der Waals surface area contributed by atoms with Crippen LogP contribution in [0.1, 0.15) is 36.1 Å². The number of nitrogens with zero attached hydrogens (tertiary/aromatic N) is 3. The fraction of sp³-hybridized carbons (Fsp3) is 0.0909. The lowest BCUT2D eigenvalue weighted by Crippen LogP contribution is -2.33. The summed E-state index contributed by atoms with van der Waals surface area (Å²) in [4.78, 5) is 39.3. The smallest absolute Gasteiger partial charge is 0.350 e. The summed E-state index contributed by atoms with van der Waals surface area (Å²) < 4.78 is 20.1. The molecule has 0 saturated heterocycles. The number of amides is 2. The fourth-order valence-corrected chi connectivity index (χ4v) is 4.53. The fourth-order valence-electron chi connectivity index (χ4n) is 3.46. The van der Waals surface area contributed by atoms with E-state index in [1.807, 2.05) is 6.92 Å². The van der Waals surface area contributed by atoms with Gasteiger partial charge in [-0.15, -0.1) is 11.3 Å². The Kier molecular flexibility index (Phi) is 4.40. The molecule has 0 atom stereocenters. The van der Waals surface area contributed by atoms with E-state index in [-0.39, 0.29) is 5.82 Å². The molecule has 4 aromatic rings. The van der Waals surface area contributed by atoms with Crippen LogP contribution >= 0.6 is 11.3 Å². The summed E-state index contributed by atoms with van der Waals surface area (Å²) in [6.45, 7) is 1.34. The van der Waals surface area contributed by atoms with E-state index in [0.29, 0.717) is 32.2 Å². The van der Waals surface area contributed by atoms with Gasteiger partial charge in [0.15, 0.2) is 6.73 Å². The van der Waals surface area contributed by atoms with E-state index in [0.717, 1.165) is 10.3 Å². The number of hydrogen-bond donors (Lipinski definition) is 0. The highest BCUT2D eigenvalue weighted by atomic mass is 32.1. The minimum Gasteiger partial charge on any atom is -0.439 e. The minimum atomic E-state index is -0.650. The zero-order valence-electron chi connectivity index (χ0n) is 16.2. The summed E-state index contributed by atoms with van der Waals surface area (Å²) in [6.07, 6.45) is 0. The minimum absolute atomic E-state index is 0.292. The third-order valence-electron chi connectivity index (χ3n) is 5.02. The average molecular weight is 435 g/mol. The molecule has 2 aromatic carbocycles. The lowest BCUT2D eigenvalue weighted by molar-refractivity contribution is 0.0232. The molecule has 3 heterocycles. The molecule has 1 aliphatic heterocycles. The normalized spacial score (nSPS) is 13.2. The lowest BCUT2D eigenvalue weighted by atomic mass is 10.1. The van der Waals surface area contributed by atoms with Crippen LogP contribution in [-0.2, 0) is 4.74 Å². The molecule has 7 nitrogen and oxygen atoms in total. The molecule has 0 unspecified atom stereocenters. The van der Waals surface area contributed by atoms with Crippen LogP contribution in [-0.4, -0.2) is 39.2 Å². The number of aromatic nitrogens is 2. The van der Waals surface area contributed by atoms with Crippen molar-refractivity contribution in [1.82, 2.24) is 14.7 Å². The maximum absolute atomic E-state index is 13.2. The van der Waals surface area contributed by atoms with Gasteiger partial charge in [0.05, 0.1) is 22.5 Å². The standard InChI is InChI=1S/C22H14FN3O4S/c1-12-17-10-18(31-21(17)26(24-12)14-8-6-13(23)7-9-14)22(29)30-11-25-19(27)15-4-2-3-5-16(15)20(25)28/h2-10H,11H2,1H3. The van der Waals surface area contributed by atoms with E-state index in [2.05, 4.69) is 5.10 Å². The molecule has 0 spiro atoms. The van der Waals surface area contributed by atoms with E-state index >= 15 is 0 Å². The van der Waals surface area contributed by atoms with Crippen molar-refractivity contribution in [3.8, 4) is 5.69 Å². The number of aryl methyl sites for hydroxylation is 1. The summed E-state index contributed by atoms with van der Waals surface area (Å²) >= 11 is 1.17. The number of rotatable bonds is 4. The van der Waals surface area contributed by atoms with Crippen LogP contribution in [0.15, 0.2) is 54.6 Å². The number of thiophene rings is 1. The van der Waals surface area contributed by atoms with E-state index in [4.69, 9.17) is 4.74 Å². The first-order chi connectivity index (χ1) is 14.9. The van der Waals surface area contributed by atoms with E-state index in [9.17, 15) is 18.8 Å². The molecule has 0 saturated carbocycles. The van der Waals surface area contributed by atoms with Crippen LogP contribution in [0.3, 0.4) is 0 Å². The third-order valence-corrected chi connectivity index (χ3v) is 6.11. The SMILES string of the molecule is Cc1nn(-c2ccc(F)cc2)c2sc(C(=O)OCN3C(=O)c4ccccc4C3=O)cc12. The van der Waals surface area contributed by atoms with Gasteiger partial charge in [0.1, 0.15) is 15.5 Å². The van der Waals surface area contributed by atoms with Crippen molar-refractivity contribution in [2.24, 2.45) is 0 Å². The van der Waals surface area contributed by atoms with E-state index < -0.39 is 24.5 Å². The second-order valence-electron chi connectivity index (χ2n) is 6.95. The predicted octanol–water partition coefficient (Wildman–Crippen LogP) is 3.95. The molecule has 2 amide bonds. The number of halogens is 1. The average Bonchev–Trinajstić information content (AvgIpc) is 3.41. The van der Waals surface area contributed by atoms with E-state index in [1.54, 1.807) is 47.1 Å². The van der Waals surface area contributed by atoms with Crippen molar-refractivity contribution in [3.05, 3.63) is 82.1 Å². The Morgan fingerprint density at radius 3 is 2.35 bits per heavy atom. The highest BCUT2D eigenvalue weighted by molar-refractivity contribution is 7.20. The Morgan fingerprint density at radius 1 is 1.06 bits per heavy atom. The van der Waals surface area contributed by atoms with Gasteiger partial charge in [-0.2, -0.15) is 5.10 Å². The van der Waals surface area contributed by atoms with Crippen molar-refractivity contribution in [2.75, 3.05) is 6.73 Å². The summed E-state index contributed by atoms with van der Waals surface area (Å²) in [6, 6.07) is 14.0. The number of imide groups is 1. The van der Waals surface area contributed by atoms with Gasteiger partial charge < -0.3 is 4.74 Å². The molecule has 0 N–H and O–H groups in total.